The molecule has 0 saturated heterocycles. The van der Waals surface area contributed by atoms with Gasteiger partial charge in [-0.25, -0.2) is 10.4 Å². The van der Waals surface area contributed by atoms with Gasteiger partial charge in [0.1, 0.15) is 17.4 Å². The standard InChI is InChI=1S/C13H12ClN3OS/c1-7-16-6-12(19-7)13(17-15)11-5-8-4-9(14)2-3-10(8)18-11/h2-6,13,17H,15H2,1H3. The molecule has 1 atom stereocenters. The summed E-state index contributed by atoms with van der Waals surface area (Å²) >= 11 is 7.56. The summed E-state index contributed by atoms with van der Waals surface area (Å²) in [4.78, 5) is 5.26. The molecular formula is C13H12ClN3OS. The van der Waals surface area contributed by atoms with E-state index in [4.69, 9.17) is 21.9 Å². The molecule has 0 aliphatic carbocycles. The van der Waals surface area contributed by atoms with Crippen LogP contribution < -0.4 is 11.3 Å². The molecule has 0 bridgehead atoms. The Morgan fingerprint density at radius 3 is 2.95 bits per heavy atom. The number of nitrogens with one attached hydrogen (secondary N) is 1. The zero-order valence-corrected chi connectivity index (χ0v) is 11.8. The van der Waals surface area contributed by atoms with Crippen molar-refractivity contribution in [1.82, 2.24) is 10.4 Å². The Morgan fingerprint density at radius 1 is 1.42 bits per heavy atom. The van der Waals surface area contributed by atoms with Crippen LogP contribution in [0.4, 0.5) is 0 Å². The van der Waals surface area contributed by atoms with Crippen molar-refractivity contribution in [3.63, 3.8) is 0 Å². The monoisotopic (exact) mass is 293 g/mol. The first-order valence-electron chi connectivity index (χ1n) is 5.75. The van der Waals surface area contributed by atoms with Gasteiger partial charge in [0, 0.05) is 16.6 Å². The molecule has 98 valence electrons. The number of nitrogens with two attached hydrogens (primary N) is 1. The number of hydrogen-bond donors (Lipinski definition) is 2. The van der Waals surface area contributed by atoms with E-state index in [2.05, 4.69) is 10.4 Å². The summed E-state index contributed by atoms with van der Waals surface area (Å²) in [7, 11) is 0. The van der Waals surface area contributed by atoms with Crippen molar-refractivity contribution < 1.29 is 4.42 Å². The van der Waals surface area contributed by atoms with Crippen LogP contribution in [0.25, 0.3) is 11.0 Å². The molecule has 1 aromatic carbocycles. The van der Waals surface area contributed by atoms with Gasteiger partial charge < -0.3 is 4.42 Å². The van der Waals surface area contributed by atoms with Crippen LogP contribution in [0, 0.1) is 6.92 Å². The molecule has 0 fully saturated rings. The minimum atomic E-state index is -0.197. The van der Waals surface area contributed by atoms with Gasteiger partial charge in [0.2, 0.25) is 0 Å². The van der Waals surface area contributed by atoms with Crippen LogP contribution in [-0.4, -0.2) is 4.98 Å². The smallest absolute Gasteiger partial charge is 0.134 e. The Labute approximate surface area is 119 Å². The molecule has 0 saturated carbocycles. The van der Waals surface area contributed by atoms with Crippen molar-refractivity contribution in [2.24, 2.45) is 5.84 Å². The molecule has 3 rings (SSSR count). The molecule has 0 radical (unpaired) electrons. The summed E-state index contributed by atoms with van der Waals surface area (Å²) in [6.07, 6.45) is 1.81. The van der Waals surface area contributed by atoms with Crippen molar-refractivity contribution in [1.29, 1.82) is 0 Å². The first kappa shape index (κ1) is 12.6. The van der Waals surface area contributed by atoms with Crippen molar-refractivity contribution in [3.05, 3.63) is 51.1 Å². The lowest BCUT2D eigenvalue weighted by Crippen LogP contribution is -2.27. The number of hydrazine groups is 1. The van der Waals surface area contributed by atoms with E-state index in [1.54, 1.807) is 17.4 Å². The summed E-state index contributed by atoms with van der Waals surface area (Å²) < 4.78 is 5.82. The zero-order valence-electron chi connectivity index (χ0n) is 10.2. The largest absolute Gasteiger partial charge is 0.459 e. The molecule has 0 aliphatic rings. The van der Waals surface area contributed by atoms with Crippen LogP contribution in [0.2, 0.25) is 5.02 Å². The van der Waals surface area contributed by atoms with Gasteiger partial charge in [0.15, 0.2) is 0 Å². The third-order valence-corrected chi connectivity index (χ3v) is 4.08. The minimum Gasteiger partial charge on any atom is -0.459 e. The number of nitrogens with zero attached hydrogens (tertiary/aromatic N) is 1. The number of hydrogen-bond acceptors (Lipinski definition) is 5. The van der Waals surface area contributed by atoms with Crippen molar-refractivity contribution in [2.75, 3.05) is 0 Å². The molecule has 0 amide bonds. The second-order valence-corrected chi connectivity index (χ2v) is 5.92. The lowest BCUT2D eigenvalue weighted by molar-refractivity contribution is 0.481. The lowest BCUT2D eigenvalue weighted by Gasteiger charge is -2.09. The van der Waals surface area contributed by atoms with Crippen molar-refractivity contribution in [2.45, 2.75) is 13.0 Å². The van der Waals surface area contributed by atoms with Gasteiger partial charge >= 0.3 is 0 Å². The van der Waals surface area contributed by atoms with Crippen LogP contribution in [0.3, 0.4) is 0 Å². The Balaban J connectivity index is 2.06. The van der Waals surface area contributed by atoms with E-state index in [-0.39, 0.29) is 6.04 Å². The molecule has 3 N–H and O–H groups in total. The van der Waals surface area contributed by atoms with Crippen molar-refractivity contribution in [3.8, 4) is 0 Å². The molecule has 3 aromatic rings. The van der Waals surface area contributed by atoms with Crippen LogP contribution >= 0.6 is 22.9 Å². The summed E-state index contributed by atoms with van der Waals surface area (Å²) in [5.74, 6) is 6.39. The van der Waals surface area contributed by atoms with Crippen molar-refractivity contribution >= 4 is 33.9 Å². The highest BCUT2D eigenvalue weighted by molar-refractivity contribution is 7.11. The maximum atomic E-state index is 5.97. The van der Waals surface area contributed by atoms with E-state index in [0.717, 1.165) is 26.6 Å². The normalized spacial score (nSPS) is 13.0. The molecule has 0 aliphatic heterocycles. The highest BCUT2D eigenvalue weighted by atomic mass is 35.5. The van der Waals surface area contributed by atoms with Gasteiger partial charge in [-0.05, 0) is 31.2 Å². The highest BCUT2D eigenvalue weighted by Gasteiger charge is 2.19. The first-order chi connectivity index (χ1) is 9.17. The van der Waals surface area contributed by atoms with E-state index in [0.29, 0.717) is 5.02 Å². The predicted molar refractivity (Wildman–Crippen MR) is 77.2 cm³/mol. The summed E-state index contributed by atoms with van der Waals surface area (Å²) in [5.41, 5.74) is 3.56. The van der Waals surface area contributed by atoms with E-state index in [1.807, 2.05) is 31.3 Å². The Hall–Kier alpha value is -1.40. The fourth-order valence-electron chi connectivity index (χ4n) is 1.99. The predicted octanol–water partition coefficient (Wildman–Crippen LogP) is 3.40. The second kappa shape index (κ2) is 4.94. The van der Waals surface area contributed by atoms with Crippen LogP contribution in [0.5, 0.6) is 0 Å². The second-order valence-electron chi connectivity index (χ2n) is 4.21. The molecule has 2 heterocycles. The Morgan fingerprint density at radius 2 is 2.26 bits per heavy atom. The van der Waals surface area contributed by atoms with Crippen LogP contribution in [0.1, 0.15) is 21.7 Å². The SMILES string of the molecule is Cc1ncc(C(NN)c2cc3cc(Cl)ccc3o2)s1. The fraction of sp³-hybridized carbons (Fsp3) is 0.154. The average molecular weight is 294 g/mol. The number of benzene rings is 1. The number of rotatable bonds is 3. The van der Waals surface area contributed by atoms with Crippen LogP contribution in [-0.2, 0) is 0 Å². The third-order valence-electron chi connectivity index (χ3n) is 2.87. The fourth-order valence-corrected chi connectivity index (χ4v) is 3.03. The average Bonchev–Trinajstić information content (AvgIpc) is 2.96. The number of furan rings is 1. The third kappa shape index (κ3) is 2.37. The molecule has 1 unspecified atom stereocenters. The molecule has 2 aromatic heterocycles. The number of fused-ring (bicyclic) bond motifs is 1. The summed E-state index contributed by atoms with van der Waals surface area (Å²) in [6, 6.07) is 7.28. The van der Waals surface area contributed by atoms with E-state index >= 15 is 0 Å². The summed E-state index contributed by atoms with van der Waals surface area (Å²) in [6.45, 7) is 1.96. The Bertz CT molecular complexity index is 722. The molecule has 0 spiro atoms. The van der Waals surface area contributed by atoms with E-state index < -0.39 is 0 Å². The van der Waals surface area contributed by atoms with Gasteiger partial charge in [0.25, 0.3) is 0 Å². The minimum absolute atomic E-state index is 0.197. The maximum absolute atomic E-state index is 5.97. The number of aryl methyl sites for hydroxylation is 1. The maximum Gasteiger partial charge on any atom is 0.134 e. The number of thiazole rings is 1. The van der Waals surface area contributed by atoms with Gasteiger partial charge in [0.05, 0.1) is 9.88 Å². The molecule has 19 heavy (non-hydrogen) atoms. The molecule has 4 nitrogen and oxygen atoms in total. The van der Waals surface area contributed by atoms with Gasteiger partial charge in [-0.3, -0.25) is 5.84 Å². The lowest BCUT2D eigenvalue weighted by atomic mass is 10.2. The molecular weight excluding hydrogens is 282 g/mol. The number of aromatic nitrogens is 1. The molecule has 6 heteroatoms. The van der Waals surface area contributed by atoms with E-state index in [9.17, 15) is 0 Å². The van der Waals surface area contributed by atoms with Crippen LogP contribution in [0.15, 0.2) is 34.9 Å². The van der Waals surface area contributed by atoms with Gasteiger partial charge in [-0.15, -0.1) is 11.3 Å². The highest BCUT2D eigenvalue weighted by Crippen LogP contribution is 2.31. The van der Waals surface area contributed by atoms with Gasteiger partial charge in [-0.2, -0.15) is 0 Å². The quantitative estimate of drug-likeness (QED) is 0.574. The topological polar surface area (TPSA) is 64.1 Å². The van der Waals surface area contributed by atoms with E-state index in [1.165, 1.54) is 0 Å². The zero-order chi connectivity index (χ0) is 13.4. The van der Waals surface area contributed by atoms with Gasteiger partial charge in [-0.1, -0.05) is 11.6 Å². The first-order valence-corrected chi connectivity index (χ1v) is 6.94. The Kier molecular flexibility index (Phi) is 3.28. The summed E-state index contributed by atoms with van der Waals surface area (Å²) in [5, 5.41) is 2.64. The number of halogens is 1.